The number of hydrogen-bond acceptors (Lipinski definition) is 10. The first-order valence-electron chi connectivity index (χ1n) is 14.4. The Bertz CT molecular complexity index is 1510. The van der Waals surface area contributed by atoms with E-state index in [-0.39, 0.29) is 17.6 Å². The standard InChI is InChI=1S/C28H33F2N7O6/c29-17-7-6-16(12-18(17)30)42-28(41)36-10-8-14(9-11-36)2-1-3-19-34-24(31)20-25(35-19)37(13-32-20)27-22(39)21(38)23(43-27)26(40)33-15-4-5-15/h6-7,12-15,21-23,27,38-39H,1-5,8-11H2,(H,33,40)(H2,31,34,35)/t21-,22+,23-,27+/m0/s1. The van der Waals surface area contributed by atoms with Gasteiger partial charge in [-0.2, -0.15) is 0 Å². The minimum atomic E-state index is -1.42. The molecule has 43 heavy (non-hydrogen) atoms. The molecule has 0 radical (unpaired) electrons. The van der Waals surface area contributed by atoms with Crippen LogP contribution in [0.15, 0.2) is 24.5 Å². The zero-order valence-electron chi connectivity index (χ0n) is 23.2. The number of amides is 2. The molecule has 4 heterocycles. The van der Waals surface area contributed by atoms with E-state index >= 15 is 0 Å². The second kappa shape index (κ2) is 12.0. The fourth-order valence-electron chi connectivity index (χ4n) is 5.56. The zero-order chi connectivity index (χ0) is 30.2. The van der Waals surface area contributed by atoms with E-state index in [1.807, 2.05) is 0 Å². The monoisotopic (exact) mass is 601 g/mol. The lowest BCUT2D eigenvalue weighted by Gasteiger charge is -2.31. The summed E-state index contributed by atoms with van der Waals surface area (Å²) in [5.74, 6) is -1.60. The third-order valence-corrected chi connectivity index (χ3v) is 8.17. The molecule has 0 bridgehead atoms. The van der Waals surface area contributed by atoms with Crippen LogP contribution in [0, 0.1) is 17.6 Å². The molecule has 0 unspecified atom stereocenters. The smallest absolute Gasteiger partial charge is 0.410 e. The van der Waals surface area contributed by atoms with E-state index in [0.717, 1.165) is 50.7 Å². The van der Waals surface area contributed by atoms with Crippen LogP contribution in [0.1, 0.15) is 50.6 Å². The van der Waals surface area contributed by atoms with Crippen molar-refractivity contribution in [2.24, 2.45) is 5.92 Å². The van der Waals surface area contributed by atoms with Gasteiger partial charge >= 0.3 is 6.09 Å². The van der Waals surface area contributed by atoms with E-state index < -0.39 is 48.2 Å². The highest BCUT2D eigenvalue weighted by atomic mass is 19.2. The summed E-state index contributed by atoms with van der Waals surface area (Å²) in [5, 5.41) is 24.0. The highest BCUT2D eigenvalue weighted by Crippen LogP contribution is 2.33. The van der Waals surface area contributed by atoms with E-state index in [1.165, 1.54) is 17.0 Å². The number of nitrogens with one attached hydrogen (secondary N) is 1. The highest BCUT2D eigenvalue weighted by molar-refractivity contribution is 5.83. The molecular weight excluding hydrogens is 568 g/mol. The maximum atomic E-state index is 13.4. The largest absolute Gasteiger partial charge is 0.415 e. The van der Waals surface area contributed by atoms with Gasteiger partial charge in [0.05, 0.1) is 6.33 Å². The Hall–Kier alpha value is -3.95. The summed E-state index contributed by atoms with van der Waals surface area (Å²) in [6.07, 6.45) is 1.10. The van der Waals surface area contributed by atoms with Gasteiger partial charge in [0.1, 0.15) is 29.3 Å². The number of nitrogens with two attached hydrogens (primary N) is 1. The minimum absolute atomic E-state index is 0.0484. The number of anilines is 1. The van der Waals surface area contributed by atoms with Crippen molar-refractivity contribution in [3.63, 3.8) is 0 Å². The van der Waals surface area contributed by atoms with Gasteiger partial charge in [-0.1, -0.05) is 0 Å². The molecule has 4 atom stereocenters. The van der Waals surface area contributed by atoms with Crippen LogP contribution in [-0.4, -0.2) is 84.1 Å². The SMILES string of the molecule is Nc1nc(CCCC2CCN(C(=O)Oc3ccc(F)c(F)c3)CC2)nc2c1ncn2[C@@H]1O[C@H](C(=O)NC2CC2)[C@@H](O)[C@H]1O. The van der Waals surface area contributed by atoms with E-state index in [2.05, 4.69) is 20.3 Å². The molecule has 2 amide bonds. The molecule has 1 aromatic carbocycles. The Kier molecular flexibility index (Phi) is 8.11. The van der Waals surface area contributed by atoms with Crippen LogP contribution in [0.4, 0.5) is 19.4 Å². The molecule has 1 aliphatic carbocycles. The fraction of sp³-hybridized carbons (Fsp3) is 0.536. The van der Waals surface area contributed by atoms with Gasteiger partial charge in [-0.25, -0.2) is 28.5 Å². The van der Waals surface area contributed by atoms with Crippen LogP contribution >= 0.6 is 0 Å². The molecule has 2 aliphatic heterocycles. The second-order valence-corrected chi connectivity index (χ2v) is 11.3. The van der Waals surface area contributed by atoms with Gasteiger partial charge in [-0.3, -0.25) is 9.36 Å². The number of aliphatic hydroxyl groups is 2. The first-order chi connectivity index (χ1) is 20.7. The summed E-state index contributed by atoms with van der Waals surface area (Å²) >= 11 is 0. The van der Waals surface area contributed by atoms with Gasteiger partial charge in [-0.05, 0) is 56.6 Å². The number of benzene rings is 1. The molecule has 2 saturated heterocycles. The van der Waals surface area contributed by atoms with Crippen LogP contribution < -0.4 is 15.8 Å². The summed E-state index contributed by atoms with van der Waals surface area (Å²) in [4.78, 5) is 39.8. The third kappa shape index (κ3) is 6.24. The maximum absolute atomic E-state index is 13.4. The fourth-order valence-corrected chi connectivity index (χ4v) is 5.56. The van der Waals surface area contributed by atoms with Gasteiger partial charge in [0, 0.05) is 31.6 Å². The van der Waals surface area contributed by atoms with Crippen LogP contribution in [0.2, 0.25) is 0 Å². The molecule has 2 aromatic heterocycles. The number of piperidine rings is 1. The Morgan fingerprint density at radius 3 is 2.58 bits per heavy atom. The predicted molar refractivity (Wildman–Crippen MR) is 146 cm³/mol. The Morgan fingerprint density at radius 1 is 1.09 bits per heavy atom. The minimum Gasteiger partial charge on any atom is -0.410 e. The van der Waals surface area contributed by atoms with Crippen molar-refractivity contribution in [2.45, 2.75) is 75.5 Å². The summed E-state index contributed by atoms with van der Waals surface area (Å²) in [6, 6.07) is 3.04. The zero-order valence-corrected chi connectivity index (χ0v) is 23.2. The van der Waals surface area contributed by atoms with E-state index in [0.29, 0.717) is 42.4 Å². The molecule has 1 saturated carbocycles. The van der Waals surface area contributed by atoms with Crippen LogP contribution in [0.3, 0.4) is 0 Å². The molecule has 0 spiro atoms. The normalized spacial score (nSPS) is 24.4. The van der Waals surface area contributed by atoms with Crippen molar-refractivity contribution in [3.05, 3.63) is 42.0 Å². The number of aromatic nitrogens is 4. The number of carbonyl (C=O) groups is 2. The number of hydrogen-bond donors (Lipinski definition) is 4. The van der Waals surface area contributed by atoms with E-state index in [9.17, 15) is 28.6 Å². The number of fused-ring (bicyclic) bond motifs is 1. The van der Waals surface area contributed by atoms with Crippen molar-refractivity contribution in [2.75, 3.05) is 18.8 Å². The molecule has 13 nitrogen and oxygen atoms in total. The number of nitrogens with zero attached hydrogens (tertiary/aromatic N) is 5. The van der Waals surface area contributed by atoms with Crippen molar-refractivity contribution in [3.8, 4) is 5.75 Å². The Morgan fingerprint density at radius 2 is 1.86 bits per heavy atom. The summed E-state index contributed by atoms with van der Waals surface area (Å²) < 4.78 is 38.9. The maximum Gasteiger partial charge on any atom is 0.415 e. The van der Waals surface area contributed by atoms with Crippen molar-refractivity contribution >= 4 is 29.0 Å². The molecule has 3 fully saturated rings. The van der Waals surface area contributed by atoms with Crippen molar-refractivity contribution in [1.29, 1.82) is 0 Å². The van der Waals surface area contributed by atoms with Gasteiger partial charge < -0.3 is 35.6 Å². The van der Waals surface area contributed by atoms with Gasteiger partial charge in [0.15, 0.2) is 35.4 Å². The lowest BCUT2D eigenvalue weighted by Crippen LogP contribution is -2.43. The number of halogens is 2. The van der Waals surface area contributed by atoms with Gasteiger partial charge in [-0.15, -0.1) is 0 Å². The molecule has 230 valence electrons. The number of aliphatic hydroxyl groups excluding tert-OH is 2. The first kappa shape index (κ1) is 29.1. The average Bonchev–Trinajstić information content (AvgIpc) is 3.62. The number of nitrogen functional groups attached to an aromatic ring is 1. The van der Waals surface area contributed by atoms with E-state index in [4.69, 9.17) is 15.2 Å². The second-order valence-electron chi connectivity index (χ2n) is 11.3. The van der Waals surface area contributed by atoms with Crippen LogP contribution in [0.5, 0.6) is 5.75 Å². The van der Waals surface area contributed by atoms with Gasteiger partial charge in [0.2, 0.25) is 0 Å². The van der Waals surface area contributed by atoms with E-state index in [1.54, 1.807) is 4.90 Å². The summed E-state index contributed by atoms with van der Waals surface area (Å²) in [6.45, 7) is 0.966. The lowest BCUT2D eigenvalue weighted by molar-refractivity contribution is -0.137. The highest BCUT2D eigenvalue weighted by Gasteiger charge is 2.48. The van der Waals surface area contributed by atoms with Crippen molar-refractivity contribution in [1.82, 2.24) is 29.7 Å². The Labute approximate surface area is 245 Å². The summed E-state index contributed by atoms with van der Waals surface area (Å²) in [5.41, 5.74) is 6.82. The van der Waals surface area contributed by atoms with Gasteiger partial charge in [0.25, 0.3) is 5.91 Å². The number of imidazole rings is 1. The number of ether oxygens (including phenoxy) is 2. The third-order valence-electron chi connectivity index (χ3n) is 8.17. The molecular formula is C28H33F2N7O6. The van der Waals surface area contributed by atoms with Crippen LogP contribution in [-0.2, 0) is 16.0 Å². The molecule has 5 N–H and O–H groups in total. The van der Waals surface area contributed by atoms with Crippen molar-refractivity contribution < 1.29 is 38.1 Å². The predicted octanol–water partition coefficient (Wildman–Crippen LogP) is 1.82. The molecule has 6 rings (SSSR count). The molecule has 3 aromatic rings. The molecule has 15 heteroatoms. The average molecular weight is 602 g/mol. The Balaban J connectivity index is 1.03. The number of carbonyl (C=O) groups excluding carboxylic acids is 2. The topological polar surface area (TPSA) is 178 Å². The lowest BCUT2D eigenvalue weighted by atomic mass is 9.91. The number of aryl methyl sites for hydroxylation is 1. The summed E-state index contributed by atoms with van der Waals surface area (Å²) in [7, 11) is 0. The number of likely N-dealkylation sites (tertiary alicyclic amines) is 1. The molecule has 3 aliphatic rings. The number of rotatable bonds is 8. The first-order valence-corrected chi connectivity index (χ1v) is 14.4. The quantitative estimate of drug-likeness (QED) is 0.298. The van der Waals surface area contributed by atoms with Crippen LogP contribution in [0.25, 0.3) is 11.2 Å².